The Bertz CT molecular complexity index is 840. The predicted octanol–water partition coefficient (Wildman–Crippen LogP) is 2.18. The number of nitrogens with one attached hydrogen (secondary N) is 1. The normalized spacial score (nSPS) is 27.0. The van der Waals surface area contributed by atoms with Gasteiger partial charge in [-0.2, -0.15) is 5.10 Å². The van der Waals surface area contributed by atoms with Crippen LogP contribution in [0.4, 0.5) is 0 Å². The summed E-state index contributed by atoms with van der Waals surface area (Å²) < 4.78 is 5.48. The zero-order chi connectivity index (χ0) is 20.4. The van der Waals surface area contributed by atoms with Crippen LogP contribution in [0.2, 0.25) is 0 Å². The minimum absolute atomic E-state index is 0.0814. The number of rotatable bonds is 5. The molecule has 1 fully saturated rings. The van der Waals surface area contributed by atoms with Crippen LogP contribution in [0, 0.1) is 17.8 Å². The average Bonchev–Trinajstić information content (AvgIpc) is 3.23. The molecule has 2 unspecified atom stereocenters. The van der Waals surface area contributed by atoms with Crippen LogP contribution in [-0.4, -0.2) is 53.0 Å². The van der Waals surface area contributed by atoms with Crippen molar-refractivity contribution in [2.45, 2.75) is 32.9 Å². The van der Waals surface area contributed by atoms with Crippen LogP contribution in [0.5, 0.6) is 0 Å². The topological polar surface area (TPSA) is 78.2 Å². The summed E-state index contributed by atoms with van der Waals surface area (Å²) in [5.41, 5.74) is 3.32. The Hall–Kier alpha value is -2.67. The highest BCUT2D eigenvalue weighted by Crippen LogP contribution is 2.27. The fourth-order valence-electron chi connectivity index (χ4n) is 4.38. The molecule has 3 aliphatic rings. The maximum atomic E-state index is 13.2. The number of hydrogen-bond acceptors (Lipinski definition) is 5. The van der Waals surface area contributed by atoms with Gasteiger partial charge in [0.15, 0.2) is 0 Å². The van der Waals surface area contributed by atoms with Gasteiger partial charge in [-0.15, -0.1) is 0 Å². The number of piperazine rings is 1. The Balaban J connectivity index is 1.43. The van der Waals surface area contributed by atoms with Gasteiger partial charge in [0.1, 0.15) is 5.76 Å². The highest BCUT2D eigenvalue weighted by Gasteiger charge is 2.37. The van der Waals surface area contributed by atoms with Gasteiger partial charge < -0.3 is 9.32 Å². The van der Waals surface area contributed by atoms with E-state index in [1.54, 1.807) is 6.26 Å². The van der Waals surface area contributed by atoms with Crippen molar-refractivity contribution in [2.75, 3.05) is 19.6 Å². The van der Waals surface area contributed by atoms with Crippen LogP contribution in [0.15, 0.2) is 52.2 Å². The van der Waals surface area contributed by atoms with E-state index in [1.807, 2.05) is 41.3 Å². The van der Waals surface area contributed by atoms with Crippen LogP contribution >= 0.6 is 0 Å². The van der Waals surface area contributed by atoms with E-state index in [0.717, 1.165) is 31.1 Å². The first-order chi connectivity index (χ1) is 14.0. The summed E-state index contributed by atoms with van der Waals surface area (Å²) in [5, 5.41) is 4.23. The predicted molar refractivity (Wildman–Crippen MR) is 110 cm³/mol. The van der Waals surface area contributed by atoms with Crippen LogP contribution < -0.4 is 5.43 Å². The molecule has 2 amide bonds. The van der Waals surface area contributed by atoms with E-state index in [2.05, 4.69) is 29.3 Å². The summed E-state index contributed by atoms with van der Waals surface area (Å²) >= 11 is 0. The van der Waals surface area contributed by atoms with Crippen molar-refractivity contribution >= 4 is 17.5 Å². The van der Waals surface area contributed by atoms with Gasteiger partial charge in [0.2, 0.25) is 11.8 Å². The Kier molecular flexibility index (Phi) is 5.67. The molecule has 154 valence electrons. The second-order valence-corrected chi connectivity index (χ2v) is 8.29. The molecule has 1 saturated heterocycles. The molecule has 1 aromatic rings. The van der Waals surface area contributed by atoms with E-state index in [1.165, 1.54) is 0 Å². The third-order valence-corrected chi connectivity index (χ3v) is 6.02. The van der Waals surface area contributed by atoms with Crippen molar-refractivity contribution in [3.63, 3.8) is 0 Å². The molecule has 4 rings (SSSR count). The number of allylic oxidation sites excluding steroid dienone is 3. The molecule has 0 radical (unpaired) electrons. The van der Waals surface area contributed by atoms with Gasteiger partial charge in [0.05, 0.1) is 30.9 Å². The van der Waals surface area contributed by atoms with Gasteiger partial charge in [0, 0.05) is 31.6 Å². The quantitative estimate of drug-likeness (QED) is 0.828. The molecule has 29 heavy (non-hydrogen) atoms. The van der Waals surface area contributed by atoms with Crippen LogP contribution in [0.3, 0.4) is 0 Å². The Labute approximate surface area is 171 Å². The Morgan fingerprint density at radius 2 is 2.07 bits per heavy atom. The van der Waals surface area contributed by atoms with E-state index in [0.29, 0.717) is 12.5 Å². The summed E-state index contributed by atoms with van der Waals surface area (Å²) in [6, 6.07) is 4.03. The summed E-state index contributed by atoms with van der Waals surface area (Å²) in [4.78, 5) is 29.6. The SMILES string of the molecule is CC(C)[C@H]1CN(Cc2ccco2)CCN1C(=O)CC1=NNC(=O)C2C=CC=CC12. The third kappa shape index (κ3) is 4.19. The number of carbonyl (C=O) groups is 2. The van der Waals surface area contributed by atoms with E-state index in [9.17, 15) is 9.59 Å². The third-order valence-electron chi connectivity index (χ3n) is 6.02. The molecule has 1 aliphatic carbocycles. The van der Waals surface area contributed by atoms with Crippen molar-refractivity contribution in [1.29, 1.82) is 0 Å². The monoisotopic (exact) mass is 396 g/mol. The van der Waals surface area contributed by atoms with E-state index >= 15 is 0 Å². The number of furan rings is 1. The minimum Gasteiger partial charge on any atom is -0.468 e. The Morgan fingerprint density at radius 3 is 2.79 bits per heavy atom. The standard InChI is InChI=1S/C22H28N4O3/c1-15(2)20-14-25(13-16-6-5-11-29-16)9-10-26(20)21(27)12-19-17-7-3-4-8-18(17)22(28)24-23-19/h3-8,11,15,17-18,20H,9-10,12-14H2,1-2H3,(H,24,28)/t17?,18?,20-/m1/s1. The van der Waals surface area contributed by atoms with Gasteiger partial charge in [-0.25, -0.2) is 5.43 Å². The summed E-state index contributed by atoms with van der Waals surface area (Å²) in [6.45, 7) is 7.40. The number of fused-ring (bicyclic) bond motifs is 1. The first kappa shape index (κ1) is 19.6. The fraction of sp³-hybridized carbons (Fsp3) is 0.500. The first-order valence-corrected chi connectivity index (χ1v) is 10.3. The lowest BCUT2D eigenvalue weighted by molar-refractivity contribution is -0.136. The first-order valence-electron chi connectivity index (χ1n) is 10.3. The molecule has 1 N–H and O–H groups in total. The van der Waals surface area contributed by atoms with Crippen LogP contribution in [0.1, 0.15) is 26.0 Å². The van der Waals surface area contributed by atoms with E-state index in [-0.39, 0.29) is 36.1 Å². The fourth-order valence-corrected chi connectivity index (χ4v) is 4.38. The summed E-state index contributed by atoms with van der Waals surface area (Å²) in [7, 11) is 0. The number of carbonyl (C=O) groups excluding carboxylic acids is 2. The molecule has 0 saturated carbocycles. The highest BCUT2D eigenvalue weighted by atomic mass is 16.3. The molecule has 0 bridgehead atoms. The zero-order valence-electron chi connectivity index (χ0n) is 17.0. The smallest absolute Gasteiger partial charge is 0.247 e. The van der Waals surface area contributed by atoms with Gasteiger partial charge in [-0.05, 0) is 18.1 Å². The maximum absolute atomic E-state index is 13.2. The van der Waals surface area contributed by atoms with E-state index < -0.39 is 0 Å². The van der Waals surface area contributed by atoms with Crippen molar-refractivity contribution in [3.8, 4) is 0 Å². The van der Waals surface area contributed by atoms with Crippen LogP contribution in [-0.2, 0) is 16.1 Å². The van der Waals surface area contributed by atoms with Gasteiger partial charge in [-0.1, -0.05) is 38.2 Å². The minimum atomic E-state index is -0.272. The molecule has 0 aromatic carbocycles. The summed E-state index contributed by atoms with van der Waals surface area (Å²) in [6.07, 6.45) is 9.57. The molecular weight excluding hydrogens is 368 g/mol. The molecule has 7 heteroatoms. The van der Waals surface area contributed by atoms with Gasteiger partial charge >= 0.3 is 0 Å². The summed E-state index contributed by atoms with van der Waals surface area (Å²) in [5.74, 6) is 0.859. The molecule has 2 aliphatic heterocycles. The number of nitrogens with zero attached hydrogens (tertiary/aromatic N) is 3. The lowest BCUT2D eigenvalue weighted by atomic mass is 9.82. The largest absolute Gasteiger partial charge is 0.468 e. The number of hydrazone groups is 1. The lowest BCUT2D eigenvalue weighted by Gasteiger charge is -2.43. The molecule has 7 nitrogen and oxygen atoms in total. The highest BCUT2D eigenvalue weighted by molar-refractivity contribution is 6.07. The number of hydrogen-bond donors (Lipinski definition) is 1. The van der Waals surface area contributed by atoms with Crippen molar-refractivity contribution in [2.24, 2.45) is 22.9 Å². The van der Waals surface area contributed by atoms with E-state index in [4.69, 9.17) is 4.42 Å². The molecule has 1 aromatic heterocycles. The Morgan fingerprint density at radius 1 is 1.28 bits per heavy atom. The molecular formula is C22H28N4O3. The lowest BCUT2D eigenvalue weighted by Crippen LogP contribution is -2.57. The maximum Gasteiger partial charge on any atom is 0.247 e. The number of amides is 2. The zero-order valence-corrected chi connectivity index (χ0v) is 17.0. The van der Waals surface area contributed by atoms with Crippen molar-refractivity contribution in [1.82, 2.24) is 15.2 Å². The van der Waals surface area contributed by atoms with Crippen LogP contribution in [0.25, 0.3) is 0 Å². The molecule has 3 atom stereocenters. The van der Waals surface area contributed by atoms with Crippen molar-refractivity contribution < 1.29 is 14.0 Å². The van der Waals surface area contributed by atoms with Crippen molar-refractivity contribution in [3.05, 3.63) is 48.5 Å². The molecule has 0 spiro atoms. The average molecular weight is 396 g/mol. The van der Waals surface area contributed by atoms with Gasteiger partial charge in [-0.3, -0.25) is 14.5 Å². The second-order valence-electron chi connectivity index (χ2n) is 8.29. The molecule has 3 heterocycles. The van der Waals surface area contributed by atoms with Gasteiger partial charge in [0.25, 0.3) is 0 Å². The second kappa shape index (κ2) is 8.37.